The molecule has 0 aliphatic carbocycles. The summed E-state index contributed by atoms with van der Waals surface area (Å²) in [5.41, 5.74) is 5.79. The number of hydrogen-bond donors (Lipinski definition) is 1. The van der Waals surface area contributed by atoms with Gasteiger partial charge in [0.1, 0.15) is 0 Å². The van der Waals surface area contributed by atoms with E-state index in [4.69, 9.17) is 15.2 Å². The molecular formula is C11H25NO2. The first kappa shape index (κ1) is 13.9. The zero-order chi connectivity index (χ0) is 11.0. The van der Waals surface area contributed by atoms with E-state index in [2.05, 4.69) is 20.8 Å². The highest BCUT2D eigenvalue weighted by Gasteiger charge is 2.30. The second kappa shape index (κ2) is 7.21. The Hall–Kier alpha value is -0.120. The van der Waals surface area contributed by atoms with E-state index in [1.54, 1.807) is 0 Å². The summed E-state index contributed by atoms with van der Waals surface area (Å²) in [6, 6.07) is -0.0426. The molecule has 3 nitrogen and oxygen atoms in total. The third kappa shape index (κ3) is 4.40. The molecule has 0 amide bonds. The fourth-order valence-corrected chi connectivity index (χ4v) is 1.33. The van der Waals surface area contributed by atoms with E-state index in [0.717, 1.165) is 19.4 Å². The van der Waals surface area contributed by atoms with Crippen LogP contribution >= 0.6 is 0 Å². The normalized spacial score (nSPS) is 17.8. The van der Waals surface area contributed by atoms with Crippen LogP contribution in [0.2, 0.25) is 0 Å². The summed E-state index contributed by atoms with van der Waals surface area (Å²) in [6.45, 7) is 10.3. The van der Waals surface area contributed by atoms with Crippen molar-refractivity contribution in [2.75, 3.05) is 19.8 Å². The lowest BCUT2D eigenvalue weighted by molar-refractivity contribution is -0.0649. The molecule has 2 atom stereocenters. The molecular weight excluding hydrogens is 178 g/mol. The van der Waals surface area contributed by atoms with Gasteiger partial charge in [-0.2, -0.15) is 0 Å². The van der Waals surface area contributed by atoms with Crippen molar-refractivity contribution in [3.63, 3.8) is 0 Å². The third-order valence-corrected chi connectivity index (χ3v) is 2.61. The second-order valence-corrected chi connectivity index (χ2v) is 3.78. The first-order valence-corrected chi connectivity index (χ1v) is 5.58. The summed E-state index contributed by atoms with van der Waals surface area (Å²) in [4.78, 5) is 0. The van der Waals surface area contributed by atoms with Gasteiger partial charge in [-0.15, -0.1) is 0 Å². The lowest BCUT2D eigenvalue weighted by Crippen LogP contribution is -2.50. The summed E-state index contributed by atoms with van der Waals surface area (Å²) in [7, 11) is 0. The average molecular weight is 203 g/mol. The van der Waals surface area contributed by atoms with E-state index in [0.29, 0.717) is 13.2 Å². The Labute approximate surface area is 88.0 Å². The number of nitrogens with two attached hydrogens (primary N) is 1. The lowest BCUT2D eigenvalue weighted by Gasteiger charge is -2.34. The molecule has 0 heterocycles. The van der Waals surface area contributed by atoms with Crippen LogP contribution in [0.5, 0.6) is 0 Å². The molecule has 0 aliphatic heterocycles. The van der Waals surface area contributed by atoms with Crippen molar-refractivity contribution in [3.05, 3.63) is 0 Å². The van der Waals surface area contributed by atoms with Crippen molar-refractivity contribution < 1.29 is 9.47 Å². The average Bonchev–Trinajstić information content (AvgIpc) is 2.18. The van der Waals surface area contributed by atoms with Crippen molar-refractivity contribution >= 4 is 0 Å². The van der Waals surface area contributed by atoms with Gasteiger partial charge in [0.05, 0.1) is 18.2 Å². The summed E-state index contributed by atoms with van der Waals surface area (Å²) >= 11 is 0. The Morgan fingerprint density at radius 1 is 1.29 bits per heavy atom. The Balaban J connectivity index is 3.95. The first-order chi connectivity index (χ1) is 6.60. The maximum Gasteiger partial charge on any atom is 0.0824 e. The fraction of sp³-hybridized carbons (Fsp3) is 1.00. The molecule has 0 saturated heterocycles. The van der Waals surface area contributed by atoms with E-state index in [1.165, 1.54) is 0 Å². The quantitative estimate of drug-likeness (QED) is 0.613. The summed E-state index contributed by atoms with van der Waals surface area (Å²) in [6.07, 6.45) is 1.95. The monoisotopic (exact) mass is 203 g/mol. The molecule has 0 fully saturated rings. The molecule has 0 rings (SSSR count). The number of rotatable bonds is 8. The first-order valence-electron chi connectivity index (χ1n) is 5.58. The minimum atomic E-state index is -0.248. The molecule has 0 aliphatic rings. The molecule has 86 valence electrons. The van der Waals surface area contributed by atoms with Gasteiger partial charge >= 0.3 is 0 Å². The highest BCUT2D eigenvalue weighted by molar-refractivity contribution is 4.85. The van der Waals surface area contributed by atoms with Crippen molar-refractivity contribution in [3.8, 4) is 0 Å². The summed E-state index contributed by atoms with van der Waals surface area (Å²) < 4.78 is 11.1. The minimum Gasteiger partial charge on any atom is -0.380 e. The lowest BCUT2D eigenvalue weighted by atomic mass is 9.94. The summed E-state index contributed by atoms with van der Waals surface area (Å²) in [5, 5.41) is 0. The molecule has 0 aromatic rings. The molecule has 0 aromatic heterocycles. The topological polar surface area (TPSA) is 44.5 Å². The van der Waals surface area contributed by atoms with Gasteiger partial charge in [0, 0.05) is 13.2 Å². The van der Waals surface area contributed by atoms with E-state index < -0.39 is 0 Å². The Kier molecular flexibility index (Phi) is 7.15. The Bertz CT molecular complexity index is 141. The van der Waals surface area contributed by atoms with Crippen LogP contribution in [-0.4, -0.2) is 31.5 Å². The van der Waals surface area contributed by atoms with Gasteiger partial charge < -0.3 is 15.2 Å². The van der Waals surface area contributed by atoms with E-state index >= 15 is 0 Å². The van der Waals surface area contributed by atoms with Crippen molar-refractivity contribution in [1.29, 1.82) is 0 Å². The smallest absolute Gasteiger partial charge is 0.0824 e. The molecule has 0 aromatic carbocycles. The predicted molar refractivity (Wildman–Crippen MR) is 59.4 cm³/mol. The van der Waals surface area contributed by atoms with Crippen molar-refractivity contribution in [2.45, 2.75) is 52.2 Å². The van der Waals surface area contributed by atoms with Crippen LogP contribution in [0.25, 0.3) is 0 Å². The Morgan fingerprint density at radius 3 is 2.36 bits per heavy atom. The van der Waals surface area contributed by atoms with Gasteiger partial charge in [0.15, 0.2) is 0 Å². The minimum absolute atomic E-state index is 0.0426. The van der Waals surface area contributed by atoms with Crippen LogP contribution in [0.4, 0.5) is 0 Å². The largest absolute Gasteiger partial charge is 0.380 e. The van der Waals surface area contributed by atoms with Gasteiger partial charge in [0.25, 0.3) is 0 Å². The molecule has 0 radical (unpaired) electrons. The third-order valence-electron chi connectivity index (χ3n) is 2.61. The standard InChI is InChI=1S/C11H25NO2/c1-5-8-13-9-10(12)11(4,6-2)14-7-3/h10H,5-9,12H2,1-4H3. The molecule has 2 unspecified atom stereocenters. The molecule has 14 heavy (non-hydrogen) atoms. The van der Waals surface area contributed by atoms with Gasteiger partial charge in [-0.1, -0.05) is 13.8 Å². The van der Waals surface area contributed by atoms with Gasteiger partial charge in [-0.3, -0.25) is 0 Å². The van der Waals surface area contributed by atoms with Gasteiger partial charge in [-0.25, -0.2) is 0 Å². The summed E-state index contributed by atoms with van der Waals surface area (Å²) in [5.74, 6) is 0. The van der Waals surface area contributed by atoms with Crippen LogP contribution in [0.3, 0.4) is 0 Å². The van der Waals surface area contributed by atoms with Gasteiger partial charge in [0.2, 0.25) is 0 Å². The van der Waals surface area contributed by atoms with Crippen LogP contribution in [0.1, 0.15) is 40.5 Å². The van der Waals surface area contributed by atoms with Gasteiger partial charge in [-0.05, 0) is 26.7 Å². The van der Waals surface area contributed by atoms with Crippen LogP contribution < -0.4 is 5.73 Å². The molecule has 0 saturated carbocycles. The second-order valence-electron chi connectivity index (χ2n) is 3.78. The van der Waals surface area contributed by atoms with Crippen molar-refractivity contribution in [2.24, 2.45) is 5.73 Å². The fourth-order valence-electron chi connectivity index (χ4n) is 1.33. The molecule has 0 spiro atoms. The maximum atomic E-state index is 6.04. The predicted octanol–water partition coefficient (Wildman–Crippen LogP) is 1.95. The molecule has 3 heteroatoms. The zero-order valence-corrected chi connectivity index (χ0v) is 10.0. The highest BCUT2D eigenvalue weighted by Crippen LogP contribution is 2.18. The van der Waals surface area contributed by atoms with E-state index in [9.17, 15) is 0 Å². The maximum absolute atomic E-state index is 6.04. The molecule has 0 bridgehead atoms. The van der Waals surface area contributed by atoms with Crippen LogP contribution in [0.15, 0.2) is 0 Å². The van der Waals surface area contributed by atoms with E-state index in [1.807, 2.05) is 6.92 Å². The van der Waals surface area contributed by atoms with Crippen LogP contribution in [0, 0.1) is 0 Å². The molecule has 2 N–H and O–H groups in total. The van der Waals surface area contributed by atoms with E-state index in [-0.39, 0.29) is 11.6 Å². The SMILES string of the molecule is CCCOCC(N)C(C)(CC)OCC. The number of ether oxygens (including phenoxy) is 2. The zero-order valence-electron chi connectivity index (χ0n) is 10.0. The van der Waals surface area contributed by atoms with Crippen LogP contribution in [-0.2, 0) is 9.47 Å². The Morgan fingerprint density at radius 2 is 1.93 bits per heavy atom. The number of hydrogen-bond acceptors (Lipinski definition) is 3. The van der Waals surface area contributed by atoms with Crippen molar-refractivity contribution in [1.82, 2.24) is 0 Å². The highest BCUT2D eigenvalue weighted by atomic mass is 16.5.